The van der Waals surface area contributed by atoms with Gasteiger partial charge in [0.2, 0.25) is 0 Å². The minimum atomic E-state index is -0.571. The fourth-order valence-electron chi connectivity index (χ4n) is 1.98. The number of nitrogens with zero attached hydrogens (tertiary/aromatic N) is 2. The Hall–Kier alpha value is -2.24. The molecule has 1 amide bonds. The number of hydrazone groups is 1. The van der Waals surface area contributed by atoms with Crippen molar-refractivity contribution in [1.29, 1.82) is 0 Å². The second-order valence-electron chi connectivity index (χ2n) is 4.99. The quantitative estimate of drug-likeness (QED) is 0.851. The monoisotopic (exact) mass is 263 g/mol. The summed E-state index contributed by atoms with van der Waals surface area (Å²) in [5.74, 6) is 0.163. The van der Waals surface area contributed by atoms with Gasteiger partial charge >= 0.3 is 6.09 Å². The van der Waals surface area contributed by atoms with Crippen LogP contribution in [0.3, 0.4) is 0 Å². The zero-order chi connectivity index (χ0) is 14.0. The first kappa shape index (κ1) is 13.2. The lowest BCUT2D eigenvalue weighted by Gasteiger charge is -2.20. The molecule has 0 saturated carbocycles. The lowest BCUT2D eigenvalue weighted by Crippen LogP contribution is -2.32. The van der Waals surface area contributed by atoms with Gasteiger partial charge in [0.15, 0.2) is 0 Å². The van der Waals surface area contributed by atoms with E-state index in [0.29, 0.717) is 17.8 Å². The second-order valence-corrected chi connectivity index (χ2v) is 4.99. The Morgan fingerprint density at radius 2 is 2.16 bits per heavy atom. The highest BCUT2D eigenvalue weighted by Gasteiger charge is 2.37. The third-order valence-electron chi connectivity index (χ3n) is 2.93. The highest BCUT2D eigenvalue weighted by molar-refractivity contribution is 6.07. The van der Waals surface area contributed by atoms with Crippen LogP contribution < -0.4 is 5.32 Å². The largest absolute Gasteiger partial charge is 0.507 e. The SMILES string of the molecule is CNC(=O)ON1CC(C)(C)C(c2ccccc2O)=N1. The summed E-state index contributed by atoms with van der Waals surface area (Å²) in [6.45, 7) is 4.39. The van der Waals surface area contributed by atoms with Gasteiger partial charge in [-0.15, -0.1) is 10.3 Å². The number of carbonyl (C=O) groups excluding carboxylic acids is 1. The number of phenolic OH excluding ortho intramolecular Hbond substituents is 1. The van der Waals surface area contributed by atoms with Crippen LogP contribution in [0.25, 0.3) is 0 Å². The number of hydrogen-bond acceptors (Lipinski definition) is 5. The molecule has 2 N–H and O–H groups in total. The molecule has 0 fully saturated rings. The van der Waals surface area contributed by atoms with E-state index in [0.717, 1.165) is 0 Å². The molecule has 1 heterocycles. The van der Waals surface area contributed by atoms with Crippen molar-refractivity contribution in [3.8, 4) is 5.75 Å². The zero-order valence-corrected chi connectivity index (χ0v) is 11.2. The summed E-state index contributed by atoms with van der Waals surface area (Å²) in [5, 5.41) is 17.8. The fourth-order valence-corrected chi connectivity index (χ4v) is 1.98. The van der Waals surface area contributed by atoms with Crippen LogP contribution in [0.1, 0.15) is 19.4 Å². The number of benzene rings is 1. The Balaban J connectivity index is 2.30. The number of amides is 1. The topological polar surface area (TPSA) is 74.2 Å². The smallest absolute Gasteiger partial charge is 0.432 e. The van der Waals surface area contributed by atoms with Crippen molar-refractivity contribution < 1.29 is 14.7 Å². The summed E-state index contributed by atoms with van der Waals surface area (Å²) in [5.41, 5.74) is 1.01. The van der Waals surface area contributed by atoms with Crippen LogP contribution in [0, 0.1) is 5.41 Å². The molecule has 0 bridgehead atoms. The molecule has 6 nitrogen and oxygen atoms in total. The van der Waals surface area contributed by atoms with Crippen LogP contribution in [-0.4, -0.2) is 35.7 Å². The minimum absolute atomic E-state index is 0.163. The van der Waals surface area contributed by atoms with Crippen molar-refractivity contribution >= 4 is 11.8 Å². The van der Waals surface area contributed by atoms with Gasteiger partial charge < -0.3 is 15.3 Å². The molecule has 0 spiro atoms. The number of carbonyl (C=O) groups is 1. The van der Waals surface area contributed by atoms with Crippen LogP contribution in [0.4, 0.5) is 4.79 Å². The van der Waals surface area contributed by atoms with E-state index in [2.05, 4.69) is 10.4 Å². The first-order valence-corrected chi connectivity index (χ1v) is 5.99. The first-order valence-electron chi connectivity index (χ1n) is 5.99. The van der Waals surface area contributed by atoms with E-state index in [4.69, 9.17) is 4.84 Å². The van der Waals surface area contributed by atoms with Crippen molar-refractivity contribution in [1.82, 2.24) is 10.5 Å². The molecular weight excluding hydrogens is 246 g/mol. The summed E-state index contributed by atoms with van der Waals surface area (Å²) in [6, 6.07) is 6.98. The van der Waals surface area contributed by atoms with Crippen LogP contribution >= 0.6 is 0 Å². The van der Waals surface area contributed by atoms with E-state index in [-0.39, 0.29) is 11.2 Å². The lowest BCUT2D eigenvalue weighted by atomic mass is 9.84. The van der Waals surface area contributed by atoms with Gasteiger partial charge in [-0.05, 0) is 12.1 Å². The summed E-state index contributed by atoms with van der Waals surface area (Å²) in [7, 11) is 1.48. The van der Waals surface area contributed by atoms with Crippen molar-refractivity contribution in [2.24, 2.45) is 10.5 Å². The van der Waals surface area contributed by atoms with E-state index in [1.807, 2.05) is 19.9 Å². The third kappa shape index (κ3) is 2.62. The Morgan fingerprint density at radius 3 is 2.79 bits per heavy atom. The van der Waals surface area contributed by atoms with Gasteiger partial charge in [-0.1, -0.05) is 26.0 Å². The summed E-state index contributed by atoms with van der Waals surface area (Å²) in [4.78, 5) is 16.2. The molecule has 1 aliphatic rings. The third-order valence-corrected chi connectivity index (χ3v) is 2.93. The first-order chi connectivity index (χ1) is 8.94. The Bertz CT molecular complexity index is 526. The molecule has 1 aromatic rings. The van der Waals surface area contributed by atoms with Gasteiger partial charge in [0.1, 0.15) is 5.75 Å². The van der Waals surface area contributed by atoms with Crippen LogP contribution in [0.15, 0.2) is 29.4 Å². The highest BCUT2D eigenvalue weighted by atomic mass is 16.7. The zero-order valence-electron chi connectivity index (χ0n) is 11.2. The van der Waals surface area contributed by atoms with E-state index < -0.39 is 6.09 Å². The predicted octanol–water partition coefficient (Wildman–Crippen LogP) is 1.71. The highest BCUT2D eigenvalue weighted by Crippen LogP contribution is 2.33. The van der Waals surface area contributed by atoms with Gasteiger partial charge in [0, 0.05) is 18.0 Å². The van der Waals surface area contributed by atoms with Crippen LogP contribution in [0.5, 0.6) is 5.75 Å². The molecule has 2 rings (SSSR count). The van der Waals surface area contributed by atoms with E-state index in [1.54, 1.807) is 18.2 Å². The average molecular weight is 263 g/mol. The van der Waals surface area contributed by atoms with Crippen LogP contribution in [0.2, 0.25) is 0 Å². The van der Waals surface area contributed by atoms with E-state index in [9.17, 15) is 9.90 Å². The van der Waals surface area contributed by atoms with E-state index >= 15 is 0 Å². The van der Waals surface area contributed by atoms with Gasteiger partial charge in [-0.25, -0.2) is 4.79 Å². The number of rotatable bonds is 2. The van der Waals surface area contributed by atoms with Crippen LogP contribution in [-0.2, 0) is 4.84 Å². The number of nitrogens with one attached hydrogen (secondary N) is 1. The summed E-state index contributed by atoms with van der Waals surface area (Å²) in [6.07, 6.45) is -0.571. The maximum atomic E-state index is 11.2. The number of aromatic hydroxyl groups is 1. The predicted molar refractivity (Wildman–Crippen MR) is 70.7 cm³/mol. The number of hydroxylamine groups is 1. The number of para-hydroxylation sites is 1. The molecule has 0 aromatic heterocycles. The number of phenols is 1. The van der Waals surface area contributed by atoms with Gasteiger partial charge in [-0.2, -0.15) is 0 Å². The Kier molecular flexibility index (Phi) is 3.33. The van der Waals surface area contributed by atoms with Gasteiger partial charge in [-0.3, -0.25) is 0 Å². The molecule has 0 atom stereocenters. The van der Waals surface area contributed by atoms with Gasteiger partial charge in [0.25, 0.3) is 0 Å². The molecule has 0 unspecified atom stereocenters. The maximum absolute atomic E-state index is 11.2. The average Bonchev–Trinajstić information content (AvgIpc) is 2.64. The summed E-state index contributed by atoms with van der Waals surface area (Å²) < 4.78 is 0. The standard InChI is InChI=1S/C13H17N3O3/c1-13(2)8-16(19-12(18)14-3)15-11(13)9-6-4-5-7-10(9)17/h4-7,17H,8H2,1-3H3,(H,14,18). The maximum Gasteiger partial charge on any atom is 0.432 e. The van der Waals surface area contributed by atoms with Gasteiger partial charge in [0.05, 0.1) is 12.3 Å². The molecule has 0 saturated heterocycles. The number of hydrogen-bond donors (Lipinski definition) is 2. The molecule has 0 radical (unpaired) electrons. The molecule has 0 aliphatic carbocycles. The molecule has 1 aliphatic heterocycles. The lowest BCUT2D eigenvalue weighted by molar-refractivity contribution is -0.0988. The molecule has 1 aromatic carbocycles. The Morgan fingerprint density at radius 1 is 1.47 bits per heavy atom. The fraction of sp³-hybridized carbons (Fsp3) is 0.385. The van der Waals surface area contributed by atoms with Crippen molar-refractivity contribution in [2.75, 3.05) is 13.6 Å². The summed E-state index contributed by atoms with van der Waals surface area (Å²) >= 11 is 0. The van der Waals surface area contributed by atoms with Crippen molar-refractivity contribution in [2.45, 2.75) is 13.8 Å². The molecule has 19 heavy (non-hydrogen) atoms. The molecular formula is C13H17N3O3. The molecule has 102 valence electrons. The van der Waals surface area contributed by atoms with Crippen molar-refractivity contribution in [3.05, 3.63) is 29.8 Å². The molecule has 6 heteroatoms. The minimum Gasteiger partial charge on any atom is -0.507 e. The normalized spacial score (nSPS) is 17.0. The van der Waals surface area contributed by atoms with Crippen molar-refractivity contribution in [3.63, 3.8) is 0 Å². The Labute approximate surface area is 111 Å². The van der Waals surface area contributed by atoms with E-state index in [1.165, 1.54) is 12.2 Å². The second kappa shape index (κ2) is 4.79.